The maximum absolute atomic E-state index is 5.54. The summed E-state index contributed by atoms with van der Waals surface area (Å²) >= 11 is 0. The number of aromatic amines is 1. The molecular weight excluding hydrogens is 164 g/mol. The highest BCUT2D eigenvalue weighted by molar-refractivity contribution is 5.80. The number of rotatable bonds is 3. The summed E-state index contributed by atoms with van der Waals surface area (Å²) < 4.78 is 5.54. The molecule has 0 aliphatic carbocycles. The molecule has 0 atom stereocenters. The van der Waals surface area contributed by atoms with Gasteiger partial charge in [-0.2, -0.15) is 0 Å². The van der Waals surface area contributed by atoms with Crippen LogP contribution in [0.5, 0.6) is 5.75 Å². The number of nitrogens with zero attached hydrogens (tertiary/aromatic N) is 1. The fraction of sp³-hybridized carbons (Fsp3) is 0.300. The van der Waals surface area contributed by atoms with E-state index >= 15 is 0 Å². The summed E-state index contributed by atoms with van der Waals surface area (Å²) in [5.41, 5.74) is 1.93. The first-order valence-electron chi connectivity index (χ1n) is 4.46. The predicted molar refractivity (Wildman–Crippen MR) is 51.9 cm³/mol. The van der Waals surface area contributed by atoms with Gasteiger partial charge >= 0.3 is 0 Å². The molecule has 0 radical (unpaired) electrons. The van der Waals surface area contributed by atoms with Crippen LogP contribution in [0.25, 0.3) is 11.0 Å². The predicted octanol–water partition coefficient (Wildman–Crippen LogP) is 2.35. The fourth-order valence-electron chi connectivity index (χ4n) is 1.27. The first-order chi connectivity index (χ1) is 6.42. The zero-order chi connectivity index (χ0) is 9.10. The molecule has 13 heavy (non-hydrogen) atoms. The van der Waals surface area contributed by atoms with Crippen molar-refractivity contribution in [3.63, 3.8) is 0 Å². The molecule has 0 saturated carbocycles. The number of nitrogens with one attached hydrogen (secondary N) is 1. The van der Waals surface area contributed by atoms with Crippen molar-refractivity contribution in [2.45, 2.75) is 13.3 Å². The Morgan fingerprint density at radius 3 is 3.23 bits per heavy atom. The van der Waals surface area contributed by atoms with Crippen LogP contribution >= 0.6 is 0 Å². The number of fused-ring (bicyclic) bond motifs is 1. The van der Waals surface area contributed by atoms with E-state index in [2.05, 4.69) is 16.9 Å². The van der Waals surface area contributed by atoms with Crippen molar-refractivity contribution in [2.75, 3.05) is 6.61 Å². The average Bonchev–Trinajstić information content (AvgIpc) is 2.62. The molecule has 1 heterocycles. The molecule has 1 aromatic heterocycles. The molecule has 3 nitrogen and oxygen atoms in total. The van der Waals surface area contributed by atoms with Crippen molar-refractivity contribution in [1.82, 2.24) is 9.97 Å². The van der Waals surface area contributed by atoms with E-state index in [1.165, 1.54) is 0 Å². The van der Waals surface area contributed by atoms with Crippen molar-refractivity contribution in [1.29, 1.82) is 0 Å². The second-order valence-corrected chi connectivity index (χ2v) is 2.90. The second-order valence-electron chi connectivity index (χ2n) is 2.90. The molecule has 0 amide bonds. The first kappa shape index (κ1) is 8.10. The van der Waals surface area contributed by atoms with Gasteiger partial charge in [-0.1, -0.05) is 13.0 Å². The quantitative estimate of drug-likeness (QED) is 0.779. The zero-order valence-electron chi connectivity index (χ0n) is 7.58. The Morgan fingerprint density at radius 1 is 1.46 bits per heavy atom. The number of aromatic nitrogens is 2. The van der Waals surface area contributed by atoms with Gasteiger partial charge in [0, 0.05) is 0 Å². The number of ether oxygens (including phenoxy) is 1. The van der Waals surface area contributed by atoms with Gasteiger partial charge in [-0.15, -0.1) is 0 Å². The Kier molecular flexibility index (Phi) is 2.17. The number of H-pyrrole nitrogens is 1. The van der Waals surface area contributed by atoms with Crippen LogP contribution in [0.15, 0.2) is 24.5 Å². The van der Waals surface area contributed by atoms with Gasteiger partial charge in [0.2, 0.25) is 0 Å². The van der Waals surface area contributed by atoms with Crippen molar-refractivity contribution >= 4 is 11.0 Å². The zero-order valence-corrected chi connectivity index (χ0v) is 7.58. The minimum absolute atomic E-state index is 0.742. The molecule has 2 aromatic rings. The third-order valence-electron chi connectivity index (χ3n) is 1.87. The molecule has 0 aliphatic heterocycles. The minimum atomic E-state index is 0.742. The summed E-state index contributed by atoms with van der Waals surface area (Å²) in [6, 6.07) is 5.89. The van der Waals surface area contributed by atoms with Crippen molar-refractivity contribution in [3.8, 4) is 5.75 Å². The van der Waals surface area contributed by atoms with Crippen LogP contribution in [0.2, 0.25) is 0 Å². The molecule has 0 spiro atoms. The van der Waals surface area contributed by atoms with E-state index in [1.807, 2.05) is 18.2 Å². The summed E-state index contributed by atoms with van der Waals surface area (Å²) in [4.78, 5) is 7.24. The van der Waals surface area contributed by atoms with Crippen LogP contribution in [-0.4, -0.2) is 16.6 Å². The van der Waals surface area contributed by atoms with Crippen LogP contribution in [0.3, 0.4) is 0 Å². The number of hydrogen-bond acceptors (Lipinski definition) is 2. The van der Waals surface area contributed by atoms with Gasteiger partial charge in [0.1, 0.15) is 11.3 Å². The van der Waals surface area contributed by atoms with Gasteiger partial charge in [-0.3, -0.25) is 0 Å². The molecule has 0 unspecified atom stereocenters. The largest absolute Gasteiger partial charge is 0.491 e. The number of benzene rings is 1. The van der Waals surface area contributed by atoms with Gasteiger partial charge < -0.3 is 9.72 Å². The van der Waals surface area contributed by atoms with Crippen molar-refractivity contribution in [3.05, 3.63) is 24.5 Å². The standard InChI is InChI=1S/C10H12N2O/c1-2-6-13-9-5-3-4-8-10(9)12-7-11-8/h3-5,7H,2,6H2,1H3,(H,11,12). The van der Waals surface area contributed by atoms with Crippen molar-refractivity contribution < 1.29 is 4.74 Å². The highest BCUT2D eigenvalue weighted by Gasteiger charge is 2.02. The minimum Gasteiger partial charge on any atom is -0.491 e. The highest BCUT2D eigenvalue weighted by Crippen LogP contribution is 2.21. The van der Waals surface area contributed by atoms with E-state index in [9.17, 15) is 0 Å². The van der Waals surface area contributed by atoms with Crippen LogP contribution in [-0.2, 0) is 0 Å². The molecular formula is C10H12N2O. The molecule has 1 N–H and O–H groups in total. The number of imidazole rings is 1. The van der Waals surface area contributed by atoms with Crippen LogP contribution in [0, 0.1) is 0 Å². The number of hydrogen-bond donors (Lipinski definition) is 1. The van der Waals surface area contributed by atoms with Gasteiger partial charge in [-0.05, 0) is 18.6 Å². The van der Waals surface area contributed by atoms with E-state index in [-0.39, 0.29) is 0 Å². The summed E-state index contributed by atoms with van der Waals surface area (Å²) in [6.07, 6.45) is 2.70. The monoisotopic (exact) mass is 176 g/mol. The van der Waals surface area contributed by atoms with E-state index in [0.717, 1.165) is 29.8 Å². The highest BCUT2D eigenvalue weighted by atomic mass is 16.5. The van der Waals surface area contributed by atoms with E-state index in [0.29, 0.717) is 0 Å². The normalized spacial score (nSPS) is 10.5. The molecule has 68 valence electrons. The van der Waals surface area contributed by atoms with Crippen molar-refractivity contribution in [2.24, 2.45) is 0 Å². The molecule has 3 heteroatoms. The van der Waals surface area contributed by atoms with Crippen LogP contribution in [0.1, 0.15) is 13.3 Å². The molecule has 0 aliphatic rings. The SMILES string of the molecule is CCCOc1cccc2[nH]cnc12. The lowest BCUT2D eigenvalue weighted by atomic mass is 10.3. The molecule has 0 bridgehead atoms. The Labute approximate surface area is 76.8 Å². The summed E-state index contributed by atoms with van der Waals surface area (Å²) in [5, 5.41) is 0. The van der Waals surface area contributed by atoms with Crippen LogP contribution < -0.4 is 4.74 Å². The topological polar surface area (TPSA) is 37.9 Å². The smallest absolute Gasteiger partial charge is 0.147 e. The van der Waals surface area contributed by atoms with Gasteiger partial charge in [-0.25, -0.2) is 4.98 Å². The molecule has 0 fully saturated rings. The maximum atomic E-state index is 5.54. The third-order valence-corrected chi connectivity index (χ3v) is 1.87. The number of para-hydroxylation sites is 1. The molecule has 2 rings (SSSR count). The van der Waals surface area contributed by atoms with Gasteiger partial charge in [0.05, 0.1) is 18.5 Å². The van der Waals surface area contributed by atoms with E-state index in [4.69, 9.17) is 4.74 Å². The second kappa shape index (κ2) is 3.47. The Balaban J connectivity index is 2.37. The lowest BCUT2D eigenvalue weighted by Crippen LogP contribution is -1.95. The molecule has 1 aromatic carbocycles. The Hall–Kier alpha value is -1.51. The van der Waals surface area contributed by atoms with Gasteiger partial charge in [0.15, 0.2) is 0 Å². The lowest BCUT2D eigenvalue weighted by Gasteiger charge is -2.03. The third kappa shape index (κ3) is 1.49. The Morgan fingerprint density at radius 2 is 2.38 bits per heavy atom. The average molecular weight is 176 g/mol. The summed E-state index contributed by atoms with van der Waals surface area (Å²) in [7, 11) is 0. The van der Waals surface area contributed by atoms with E-state index < -0.39 is 0 Å². The molecule has 0 saturated heterocycles. The Bertz CT molecular complexity index is 394. The first-order valence-corrected chi connectivity index (χ1v) is 4.46. The lowest BCUT2D eigenvalue weighted by molar-refractivity contribution is 0.320. The van der Waals surface area contributed by atoms with E-state index in [1.54, 1.807) is 6.33 Å². The van der Waals surface area contributed by atoms with Crippen LogP contribution in [0.4, 0.5) is 0 Å². The van der Waals surface area contributed by atoms with Gasteiger partial charge in [0.25, 0.3) is 0 Å². The summed E-state index contributed by atoms with van der Waals surface area (Å²) in [5.74, 6) is 0.862. The summed E-state index contributed by atoms with van der Waals surface area (Å²) in [6.45, 7) is 2.83. The fourth-order valence-corrected chi connectivity index (χ4v) is 1.27. The maximum Gasteiger partial charge on any atom is 0.147 e.